The van der Waals surface area contributed by atoms with E-state index in [0.29, 0.717) is 6.61 Å². The number of halogens is 4. The molecule has 3 rings (SSSR count). The lowest BCUT2D eigenvalue weighted by atomic mass is 10.0. The Labute approximate surface area is 159 Å². The van der Waals surface area contributed by atoms with Crippen molar-refractivity contribution in [3.63, 3.8) is 0 Å². The van der Waals surface area contributed by atoms with Crippen molar-refractivity contribution in [1.82, 2.24) is 15.1 Å². The number of carbonyl (C=O) groups is 1. The number of nitrogens with one attached hydrogen (secondary N) is 2. The standard InChI is InChI=1S/C15H16BrF3N4O2S/c1-25-5-4-20-14(24)12-11(16)13-21-8(9-3-2-6-26-9)7-10(15(17,18)19)23(13)22-12/h2-3,6,8,10,21H,4-5,7H2,1H3,(H,20,24). The topological polar surface area (TPSA) is 68.2 Å². The number of hydrogen-bond donors (Lipinski definition) is 2. The zero-order valence-corrected chi connectivity index (χ0v) is 16.0. The van der Waals surface area contributed by atoms with Gasteiger partial charge in [-0.25, -0.2) is 4.68 Å². The van der Waals surface area contributed by atoms with E-state index >= 15 is 0 Å². The smallest absolute Gasteiger partial charge is 0.383 e. The van der Waals surface area contributed by atoms with Crippen LogP contribution in [0.3, 0.4) is 0 Å². The summed E-state index contributed by atoms with van der Waals surface area (Å²) in [6, 6.07) is 1.25. The first-order chi connectivity index (χ1) is 12.3. The molecule has 0 radical (unpaired) electrons. The van der Waals surface area contributed by atoms with Gasteiger partial charge in [-0.15, -0.1) is 11.3 Å². The maximum Gasteiger partial charge on any atom is 0.410 e. The highest BCUT2D eigenvalue weighted by molar-refractivity contribution is 9.10. The molecule has 1 aliphatic rings. The molecule has 0 saturated carbocycles. The minimum Gasteiger partial charge on any atom is -0.383 e. The van der Waals surface area contributed by atoms with Gasteiger partial charge in [0.05, 0.1) is 17.1 Å². The predicted molar refractivity (Wildman–Crippen MR) is 94.5 cm³/mol. The fourth-order valence-corrected chi connectivity index (χ4v) is 4.11. The first kappa shape index (κ1) is 19.2. The first-order valence-electron chi connectivity index (χ1n) is 7.74. The maximum absolute atomic E-state index is 13.6. The highest BCUT2D eigenvalue weighted by Crippen LogP contribution is 2.46. The van der Waals surface area contributed by atoms with Gasteiger partial charge in [-0.05, 0) is 27.4 Å². The molecule has 2 aromatic rings. The number of fused-ring (bicyclic) bond motifs is 1. The minimum atomic E-state index is -4.48. The largest absolute Gasteiger partial charge is 0.410 e. The van der Waals surface area contributed by atoms with Crippen molar-refractivity contribution in [3.05, 3.63) is 32.6 Å². The van der Waals surface area contributed by atoms with Gasteiger partial charge in [0, 0.05) is 25.0 Å². The van der Waals surface area contributed by atoms with Crippen LogP contribution < -0.4 is 10.6 Å². The second kappa shape index (κ2) is 7.57. The van der Waals surface area contributed by atoms with Crippen molar-refractivity contribution >= 4 is 39.0 Å². The van der Waals surface area contributed by atoms with Crippen LogP contribution in [0, 0.1) is 0 Å². The zero-order valence-electron chi connectivity index (χ0n) is 13.6. The molecule has 1 amide bonds. The Kier molecular flexibility index (Phi) is 5.58. The second-order valence-electron chi connectivity index (χ2n) is 5.71. The fourth-order valence-electron chi connectivity index (χ4n) is 2.76. The van der Waals surface area contributed by atoms with Crippen LogP contribution in [-0.2, 0) is 4.74 Å². The van der Waals surface area contributed by atoms with Crippen LogP contribution >= 0.6 is 27.3 Å². The summed E-state index contributed by atoms with van der Waals surface area (Å²) >= 11 is 4.61. The molecule has 2 aromatic heterocycles. The Bertz CT molecular complexity index is 779. The maximum atomic E-state index is 13.6. The van der Waals surface area contributed by atoms with E-state index < -0.39 is 24.2 Å². The Morgan fingerprint density at radius 3 is 2.96 bits per heavy atom. The monoisotopic (exact) mass is 452 g/mol. The first-order valence-corrected chi connectivity index (χ1v) is 9.42. The van der Waals surface area contributed by atoms with E-state index in [1.54, 1.807) is 12.1 Å². The van der Waals surface area contributed by atoms with Crippen molar-refractivity contribution in [3.8, 4) is 0 Å². The second-order valence-corrected chi connectivity index (χ2v) is 7.48. The van der Waals surface area contributed by atoms with E-state index in [9.17, 15) is 18.0 Å². The van der Waals surface area contributed by atoms with Crippen LogP contribution in [0.5, 0.6) is 0 Å². The molecule has 1 aliphatic heterocycles. The third-order valence-corrected chi connectivity index (χ3v) is 5.73. The van der Waals surface area contributed by atoms with Crippen molar-refractivity contribution in [2.75, 3.05) is 25.6 Å². The summed E-state index contributed by atoms with van der Waals surface area (Å²) in [4.78, 5) is 13.0. The molecule has 11 heteroatoms. The summed E-state index contributed by atoms with van der Waals surface area (Å²) in [5.41, 5.74) is -0.0929. The van der Waals surface area contributed by atoms with Gasteiger partial charge in [0.25, 0.3) is 5.91 Å². The molecule has 142 valence electrons. The van der Waals surface area contributed by atoms with Crippen molar-refractivity contribution in [2.45, 2.75) is 24.7 Å². The summed E-state index contributed by atoms with van der Waals surface area (Å²) in [5, 5.41) is 11.4. The number of amides is 1. The number of nitrogens with zero attached hydrogens (tertiary/aromatic N) is 2. The van der Waals surface area contributed by atoms with Crippen LogP contribution in [0.15, 0.2) is 22.0 Å². The van der Waals surface area contributed by atoms with Gasteiger partial charge in [0.15, 0.2) is 11.7 Å². The Balaban J connectivity index is 1.95. The molecule has 3 heterocycles. The number of hydrogen-bond acceptors (Lipinski definition) is 5. The van der Waals surface area contributed by atoms with E-state index in [2.05, 4.69) is 31.7 Å². The number of aromatic nitrogens is 2. The Morgan fingerprint density at radius 1 is 1.58 bits per heavy atom. The number of carbonyl (C=O) groups excluding carboxylic acids is 1. The Morgan fingerprint density at radius 2 is 2.35 bits per heavy atom. The molecular formula is C15H16BrF3N4O2S. The summed E-state index contributed by atoms with van der Waals surface area (Å²) in [6.45, 7) is 0.527. The van der Waals surface area contributed by atoms with Gasteiger partial charge in [-0.2, -0.15) is 18.3 Å². The number of alkyl halides is 3. The average molecular weight is 453 g/mol. The van der Waals surface area contributed by atoms with E-state index in [4.69, 9.17) is 4.74 Å². The lowest BCUT2D eigenvalue weighted by Gasteiger charge is -2.33. The van der Waals surface area contributed by atoms with E-state index in [1.165, 1.54) is 18.4 Å². The molecule has 0 aliphatic carbocycles. The molecule has 26 heavy (non-hydrogen) atoms. The molecule has 2 N–H and O–H groups in total. The quantitative estimate of drug-likeness (QED) is 0.677. The van der Waals surface area contributed by atoms with Crippen LogP contribution in [-0.4, -0.2) is 42.1 Å². The molecule has 2 unspecified atom stereocenters. The summed E-state index contributed by atoms with van der Waals surface area (Å²) in [6.07, 6.45) is -4.68. The highest BCUT2D eigenvalue weighted by Gasteiger charge is 2.47. The summed E-state index contributed by atoms with van der Waals surface area (Å²) in [7, 11) is 1.49. The van der Waals surface area contributed by atoms with E-state index in [-0.39, 0.29) is 29.0 Å². The third kappa shape index (κ3) is 3.74. The zero-order chi connectivity index (χ0) is 18.9. The fraction of sp³-hybridized carbons (Fsp3) is 0.467. The van der Waals surface area contributed by atoms with Gasteiger partial charge >= 0.3 is 6.18 Å². The SMILES string of the molecule is COCCNC(=O)c1nn2c(c1Br)NC(c1cccs1)CC2C(F)(F)F. The lowest BCUT2D eigenvalue weighted by molar-refractivity contribution is -0.173. The van der Waals surface area contributed by atoms with Gasteiger partial charge in [0.2, 0.25) is 0 Å². The molecule has 0 bridgehead atoms. The van der Waals surface area contributed by atoms with Crippen LogP contribution in [0.25, 0.3) is 0 Å². The Hall–Kier alpha value is -1.59. The highest BCUT2D eigenvalue weighted by atomic mass is 79.9. The van der Waals surface area contributed by atoms with Crippen LogP contribution in [0.1, 0.15) is 33.9 Å². The van der Waals surface area contributed by atoms with Crippen molar-refractivity contribution in [2.24, 2.45) is 0 Å². The molecule has 0 spiro atoms. The normalized spacial score (nSPS) is 19.7. The molecule has 6 nitrogen and oxygen atoms in total. The number of thiophene rings is 1. The number of ether oxygens (including phenoxy) is 1. The number of anilines is 1. The molecule has 0 fully saturated rings. The van der Waals surface area contributed by atoms with E-state index in [1.807, 2.05) is 5.38 Å². The van der Waals surface area contributed by atoms with Crippen LogP contribution in [0.2, 0.25) is 0 Å². The number of rotatable bonds is 5. The third-order valence-electron chi connectivity index (χ3n) is 3.99. The minimum absolute atomic E-state index is 0.0929. The van der Waals surface area contributed by atoms with Crippen molar-refractivity contribution < 1.29 is 22.7 Å². The van der Waals surface area contributed by atoms with Crippen molar-refractivity contribution in [1.29, 1.82) is 0 Å². The summed E-state index contributed by atoms with van der Waals surface area (Å²) < 4.78 is 46.7. The predicted octanol–water partition coefficient (Wildman–Crippen LogP) is 3.74. The lowest BCUT2D eigenvalue weighted by Crippen LogP contribution is -2.35. The molecule has 2 atom stereocenters. The van der Waals surface area contributed by atoms with E-state index in [0.717, 1.165) is 9.56 Å². The molecule has 0 aromatic carbocycles. The summed E-state index contributed by atoms with van der Waals surface area (Å²) in [5.74, 6) is -0.417. The van der Waals surface area contributed by atoms with Gasteiger partial charge < -0.3 is 15.4 Å². The molecular weight excluding hydrogens is 437 g/mol. The average Bonchev–Trinajstić information content (AvgIpc) is 3.22. The van der Waals surface area contributed by atoms with Gasteiger partial charge in [-0.3, -0.25) is 4.79 Å². The van der Waals surface area contributed by atoms with Gasteiger partial charge in [0.1, 0.15) is 5.82 Å². The molecule has 0 saturated heterocycles. The van der Waals surface area contributed by atoms with Gasteiger partial charge in [-0.1, -0.05) is 6.07 Å². The van der Waals surface area contributed by atoms with Crippen LogP contribution in [0.4, 0.5) is 19.0 Å². The number of methoxy groups -OCH3 is 1.